The Balaban J connectivity index is 1.62. The molecular formula is C22H19N3O3S. The molecule has 0 unspecified atom stereocenters. The van der Waals surface area contributed by atoms with Gasteiger partial charge in [0.15, 0.2) is 5.17 Å². The molecule has 1 aromatic heterocycles. The molecule has 1 saturated heterocycles. The zero-order chi connectivity index (χ0) is 20.4. The molecule has 146 valence electrons. The van der Waals surface area contributed by atoms with Gasteiger partial charge in [0.25, 0.3) is 5.91 Å². The Kier molecular flexibility index (Phi) is 5.14. The number of benzene rings is 2. The van der Waals surface area contributed by atoms with Crippen LogP contribution in [0, 0.1) is 0 Å². The Bertz CT molecular complexity index is 1100. The van der Waals surface area contributed by atoms with Crippen molar-refractivity contribution in [2.45, 2.75) is 0 Å². The number of aromatic nitrogens is 1. The number of nitrogens with zero attached hydrogens (tertiary/aromatic N) is 3. The van der Waals surface area contributed by atoms with Gasteiger partial charge in [-0.3, -0.25) is 9.69 Å². The molecule has 0 atom stereocenters. The van der Waals surface area contributed by atoms with Crippen LogP contribution in [0.3, 0.4) is 0 Å². The predicted octanol–water partition coefficient (Wildman–Crippen LogP) is 4.43. The van der Waals surface area contributed by atoms with E-state index >= 15 is 0 Å². The van der Waals surface area contributed by atoms with Crippen LogP contribution in [0.2, 0.25) is 0 Å². The second kappa shape index (κ2) is 7.89. The fourth-order valence-electron chi connectivity index (χ4n) is 2.91. The fraction of sp³-hybridized carbons (Fsp3) is 0.0909. The normalized spacial score (nSPS) is 16.8. The number of hydrogen-bond donors (Lipinski definition) is 1. The highest BCUT2D eigenvalue weighted by atomic mass is 32.2. The van der Waals surface area contributed by atoms with Crippen LogP contribution in [0.15, 0.2) is 76.8 Å². The van der Waals surface area contributed by atoms with Gasteiger partial charge in [0.05, 0.1) is 17.7 Å². The van der Waals surface area contributed by atoms with Gasteiger partial charge in [0.2, 0.25) is 0 Å². The summed E-state index contributed by atoms with van der Waals surface area (Å²) in [5, 5.41) is 10.1. The van der Waals surface area contributed by atoms with Crippen LogP contribution >= 0.6 is 11.8 Å². The van der Waals surface area contributed by atoms with E-state index in [4.69, 9.17) is 4.74 Å². The van der Waals surface area contributed by atoms with Crippen molar-refractivity contribution in [3.63, 3.8) is 0 Å². The third-order valence-corrected chi connectivity index (χ3v) is 5.55. The molecule has 3 aromatic rings. The number of rotatable bonds is 4. The van der Waals surface area contributed by atoms with E-state index in [1.165, 1.54) is 11.8 Å². The van der Waals surface area contributed by atoms with Crippen molar-refractivity contribution < 1.29 is 14.6 Å². The third kappa shape index (κ3) is 3.90. The molecule has 29 heavy (non-hydrogen) atoms. The largest absolute Gasteiger partial charge is 0.508 e. The first-order valence-electron chi connectivity index (χ1n) is 8.92. The Morgan fingerprint density at radius 1 is 1.07 bits per heavy atom. The van der Waals surface area contributed by atoms with Crippen molar-refractivity contribution in [2.75, 3.05) is 14.2 Å². The lowest BCUT2D eigenvalue weighted by atomic mass is 10.3. The van der Waals surface area contributed by atoms with Crippen LogP contribution in [-0.2, 0) is 4.79 Å². The summed E-state index contributed by atoms with van der Waals surface area (Å²) in [6.07, 6.45) is 3.77. The number of likely N-dealkylation sites (N-methyl/N-ethyl adjacent to an activating group) is 1. The van der Waals surface area contributed by atoms with E-state index in [9.17, 15) is 9.90 Å². The molecular weight excluding hydrogens is 386 g/mol. The third-order valence-electron chi connectivity index (χ3n) is 4.49. The first-order valence-corrected chi connectivity index (χ1v) is 9.74. The van der Waals surface area contributed by atoms with Gasteiger partial charge in [0, 0.05) is 24.6 Å². The number of amidine groups is 1. The SMILES string of the molecule is COc1ccc(N=C2S/C(=C\c3cccn3-c3ccc(O)cc3)C(=O)N2C)cc1. The zero-order valence-corrected chi connectivity index (χ0v) is 16.8. The first kappa shape index (κ1) is 18.9. The van der Waals surface area contributed by atoms with E-state index in [-0.39, 0.29) is 11.7 Å². The van der Waals surface area contributed by atoms with Crippen LogP contribution in [0.5, 0.6) is 11.5 Å². The van der Waals surface area contributed by atoms with Crippen LogP contribution < -0.4 is 4.74 Å². The molecule has 0 saturated carbocycles. The maximum atomic E-state index is 12.7. The highest BCUT2D eigenvalue weighted by Gasteiger charge is 2.30. The number of hydrogen-bond acceptors (Lipinski definition) is 5. The molecule has 1 fully saturated rings. The Hall–Kier alpha value is -3.45. The van der Waals surface area contributed by atoms with Crippen LogP contribution in [0.25, 0.3) is 11.8 Å². The molecule has 0 spiro atoms. The van der Waals surface area contributed by atoms with E-state index in [1.807, 2.05) is 65.4 Å². The molecule has 1 amide bonds. The molecule has 7 heteroatoms. The number of ether oxygens (including phenoxy) is 1. The summed E-state index contributed by atoms with van der Waals surface area (Å²) in [5.41, 5.74) is 2.52. The molecule has 0 aliphatic carbocycles. The van der Waals surface area contributed by atoms with Gasteiger partial charge in [-0.05, 0) is 78.5 Å². The number of phenolic OH excluding ortho intramolecular Hbond substituents is 1. The van der Waals surface area contributed by atoms with Crippen molar-refractivity contribution in [1.29, 1.82) is 0 Å². The highest BCUT2D eigenvalue weighted by molar-refractivity contribution is 8.18. The van der Waals surface area contributed by atoms with Crippen molar-refractivity contribution in [2.24, 2.45) is 4.99 Å². The zero-order valence-electron chi connectivity index (χ0n) is 15.9. The van der Waals surface area contributed by atoms with E-state index in [2.05, 4.69) is 4.99 Å². The van der Waals surface area contributed by atoms with Crippen molar-refractivity contribution in [1.82, 2.24) is 9.47 Å². The van der Waals surface area contributed by atoms with Crippen LogP contribution in [-0.4, -0.2) is 39.8 Å². The molecule has 2 heterocycles. The quantitative estimate of drug-likeness (QED) is 0.653. The number of phenols is 1. The number of carbonyl (C=O) groups excluding carboxylic acids is 1. The topological polar surface area (TPSA) is 67.1 Å². The minimum Gasteiger partial charge on any atom is -0.508 e. The van der Waals surface area contributed by atoms with Gasteiger partial charge in [-0.15, -0.1) is 0 Å². The summed E-state index contributed by atoms with van der Waals surface area (Å²) in [6, 6.07) is 18.1. The van der Waals surface area contributed by atoms with Gasteiger partial charge in [-0.1, -0.05) is 0 Å². The van der Waals surface area contributed by atoms with Crippen molar-refractivity contribution in [3.8, 4) is 17.2 Å². The maximum Gasteiger partial charge on any atom is 0.266 e. The van der Waals surface area contributed by atoms with E-state index in [0.717, 1.165) is 22.8 Å². The number of methoxy groups -OCH3 is 1. The Morgan fingerprint density at radius 2 is 1.79 bits per heavy atom. The molecule has 6 nitrogen and oxygen atoms in total. The lowest BCUT2D eigenvalue weighted by Gasteiger charge is -2.08. The number of thioether (sulfide) groups is 1. The first-order chi connectivity index (χ1) is 14.0. The van der Waals surface area contributed by atoms with Crippen molar-refractivity contribution in [3.05, 3.63) is 77.5 Å². The molecule has 2 aromatic carbocycles. The molecule has 0 radical (unpaired) electrons. The molecule has 0 bridgehead atoms. The second-order valence-corrected chi connectivity index (χ2v) is 7.40. The monoisotopic (exact) mass is 405 g/mol. The van der Waals surface area contributed by atoms with Crippen molar-refractivity contribution >= 4 is 34.6 Å². The molecule has 1 aliphatic rings. The van der Waals surface area contributed by atoms with Gasteiger partial charge < -0.3 is 14.4 Å². The summed E-state index contributed by atoms with van der Waals surface area (Å²) < 4.78 is 7.12. The summed E-state index contributed by atoms with van der Waals surface area (Å²) >= 11 is 1.34. The van der Waals surface area contributed by atoms with Gasteiger partial charge >= 0.3 is 0 Å². The summed E-state index contributed by atoms with van der Waals surface area (Å²) in [5.74, 6) is 0.872. The Morgan fingerprint density at radius 3 is 2.48 bits per heavy atom. The summed E-state index contributed by atoms with van der Waals surface area (Å²) in [4.78, 5) is 19.5. The fourth-order valence-corrected chi connectivity index (χ4v) is 3.88. The maximum absolute atomic E-state index is 12.7. The minimum absolute atomic E-state index is 0.0966. The van der Waals surface area contributed by atoms with E-state index in [0.29, 0.717) is 10.1 Å². The van der Waals surface area contributed by atoms with Crippen LogP contribution in [0.4, 0.5) is 5.69 Å². The van der Waals surface area contributed by atoms with Gasteiger partial charge in [-0.25, -0.2) is 4.99 Å². The smallest absolute Gasteiger partial charge is 0.266 e. The van der Waals surface area contributed by atoms with Gasteiger partial charge in [-0.2, -0.15) is 0 Å². The molecule has 1 N–H and O–H groups in total. The minimum atomic E-state index is -0.0966. The van der Waals surface area contributed by atoms with E-state index < -0.39 is 0 Å². The summed E-state index contributed by atoms with van der Waals surface area (Å²) in [6.45, 7) is 0. The van der Waals surface area contributed by atoms with Crippen LogP contribution in [0.1, 0.15) is 5.69 Å². The number of amides is 1. The van der Waals surface area contributed by atoms with Gasteiger partial charge in [0.1, 0.15) is 11.5 Å². The average molecular weight is 405 g/mol. The molecule has 1 aliphatic heterocycles. The number of aliphatic imine (C=N–C) groups is 1. The van der Waals surface area contributed by atoms with E-state index in [1.54, 1.807) is 31.2 Å². The highest BCUT2D eigenvalue weighted by Crippen LogP contribution is 2.34. The standard InChI is InChI=1S/C22H19N3O3S/c1-24-21(27)20(29-22(24)23-15-5-11-19(28-2)12-6-15)14-17-4-3-13-25(17)16-7-9-18(26)10-8-16/h3-14,26H,1-2H3/b20-14-,23-22?. The predicted molar refractivity (Wildman–Crippen MR) is 116 cm³/mol. The summed E-state index contributed by atoms with van der Waals surface area (Å²) in [7, 11) is 3.34. The lowest BCUT2D eigenvalue weighted by Crippen LogP contribution is -2.23. The molecule has 4 rings (SSSR count). The second-order valence-electron chi connectivity index (χ2n) is 6.39. The lowest BCUT2D eigenvalue weighted by molar-refractivity contribution is -0.121. The number of aromatic hydroxyl groups is 1. The Labute approximate surface area is 172 Å². The average Bonchev–Trinajstić information content (AvgIpc) is 3.30. The number of carbonyl (C=O) groups is 1.